The van der Waals surface area contributed by atoms with Crippen molar-refractivity contribution in [1.82, 2.24) is 0 Å². The van der Waals surface area contributed by atoms with Crippen LogP contribution in [-0.4, -0.2) is 24.6 Å². The van der Waals surface area contributed by atoms with Crippen LogP contribution < -0.4 is 0 Å². The lowest BCUT2D eigenvalue weighted by Gasteiger charge is -2.15. The van der Waals surface area contributed by atoms with Crippen LogP contribution >= 0.6 is 0 Å². The lowest BCUT2D eigenvalue weighted by molar-refractivity contribution is 0.0267. The maximum absolute atomic E-state index is 12.2. The highest BCUT2D eigenvalue weighted by molar-refractivity contribution is 5.93. The van der Waals surface area contributed by atoms with Gasteiger partial charge in [-0.15, -0.1) is 0 Å². The minimum absolute atomic E-state index is 0.0411. The number of carbonyl (C=O) groups is 2. The molecule has 1 unspecified atom stereocenters. The molecule has 4 nitrogen and oxygen atoms in total. The third kappa shape index (κ3) is 7.16. The van der Waals surface area contributed by atoms with E-state index in [2.05, 4.69) is 13.8 Å². The van der Waals surface area contributed by atoms with Crippen molar-refractivity contribution < 1.29 is 19.1 Å². The van der Waals surface area contributed by atoms with Crippen molar-refractivity contribution in [3.05, 3.63) is 35.4 Å². The van der Waals surface area contributed by atoms with Gasteiger partial charge >= 0.3 is 11.9 Å². The Hall–Kier alpha value is -1.84. The summed E-state index contributed by atoms with van der Waals surface area (Å²) in [5.41, 5.74) is 0.925. The molecule has 0 radical (unpaired) electrons. The predicted molar refractivity (Wildman–Crippen MR) is 95.3 cm³/mol. The van der Waals surface area contributed by atoms with Gasteiger partial charge in [-0.05, 0) is 43.5 Å². The Morgan fingerprint density at radius 3 is 2.00 bits per heavy atom. The molecule has 1 rings (SSSR count). The first kappa shape index (κ1) is 20.2. The molecule has 24 heavy (non-hydrogen) atoms. The topological polar surface area (TPSA) is 52.6 Å². The molecule has 0 aliphatic rings. The van der Waals surface area contributed by atoms with Gasteiger partial charge in [0.2, 0.25) is 0 Å². The van der Waals surface area contributed by atoms with Crippen LogP contribution in [0.4, 0.5) is 0 Å². The van der Waals surface area contributed by atoms with E-state index in [1.807, 2.05) is 6.92 Å². The van der Waals surface area contributed by atoms with Crippen LogP contribution in [-0.2, 0) is 9.47 Å². The minimum atomic E-state index is -0.347. The van der Waals surface area contributed by atoms with E-state index in [0.29, 0.717) is 17.7 Å². The fourth-order valence-electron chi connectivity index (χ4n) is 2.34. The molecular weight excluding hydrogens is 304 g/mol. The summed E-state index contributed by atoms with van der Waals surface area (Å²) in [6.45, 7) is 6.68. The molecule has 4 heteroatoms. The Labute approximate surface area is 145 Å². The summed E-state index contributed by atoms with van der Waals surface area (Å²) in [5.74, 6) is -0.679. The van der Waals surface area contributed by atoms with Gasteiger partial charge in [-0.1, -0.05) is 46.5 Å². The molecule has 0 aliphatic carbocycles. The molecule has 0 fully saturated rings. The van der Waals surface area contributed by atoms with Crippen LogP contribution in [0.2, 0.25) is 0 Å². The molecule has 0 heterocycles. The first-order valence-electron chi connectivity index (χ1n) is 9.10. The van der Waals surface area contributed by atoms with E-state index in [4.69, 9.17) is 9.47 Å². The van der Waals surface area contributed by atoms with Crippen molar-refractivity contribution in [2.45, 2.75) is 71.8 Å². The number of carbonyl (C=O) groups excluding carboxylic acids is 2. The summed E-state index contributed by atoms with van der Waals surface area (Å²) in [5, 5.41) is 0. The summed E-state index contributed by atoms with van der Waals surface area (Å²) in [7, 11) is 0. The SMILES string of the molecule is CCCCCOC(=O)c1ccc(C(=O)OC(CC)CCCC)cc1. The second-order valence-electron chi connectivity index (χ2n) is 6.00. The largest absolute Gasteiger partial charge is 0.462 e. The third-order valence-corrected chi connectivity index (χ3v) is 3.95. The van der Waals surface area contributed by atoms with Crippen molar-refractivity contribution >= 4 is 11.9 Å². The molecule has 0 aliphatic heterocycles. The van der Waals surface area contributed by atoms with Crippen LogP contribution in [0.25, 0.3) is 0 Å². The number of unbranched alkanes of at least 4 members (excludes halogenated alkanes) is 3. The highest BCUT2D eigenvalue weighted by Gasteiger charge is 2.15. The second-order valence-corrected chi connectivity index (χ2v) is 6.00. The first-order chi connectivity index (χ1) is 11.6. The van der Waals surface area contributed by atoms with Crippen LogP contribution in [0.1, 0.15) is 86.4 Å². The molecule has 0 saturated heterocycles. The molecule has 0 N–H and O–H groups in total. The van der Waals surface area contributed by atoms with Crippen molar-refractivity contribution in [3.8, 4) is 0 Å². The molecule has 0 amide bonds. The van der Waals surface area contributed by atoms with E-state index in [1.165, 1.54) is 0 Å². The van der Waals surface area contributed by atoms with E-state index in [0.717, 1.165) is 44.9 Å². The van der Waals surface area contributed by atoms with E-state index in [1.54, 1.807) is 24.3 Å². The molecule has 0 aromatic heterocycles. The van der Waals surface area contributed by atoms with Crippen LogP contribution in [0.5, 0.6) is 0 Å². The fourth-order valence-corrected chi connectivity index (χ4v) is 2.34. The second kappa shape index (κ2) is 11.7. The van der Waals surface area contributed by atoms with Crippen molar-refractivity contribution in [2.75, 3.05) is 6.61 Å². The Balaban J connectivity index is 2.53. The third-order valence-electron chi connectivity index (χ3n) is 3.95. The smallest absolute Gasteiger partial charge is 0.338 e. The quantitative estimate of drug-likeness (QED) is 0.414. The van der Waals surface area contributed by atoms with Crippen molar-refractivity contribution in [1.29, 1.82) is 0 Å². The highest BCUT2D eigenvalue weighted by Crippen LogP contribution is 2.13. The van der Waals surface area contributed by atoms with Crippen LogP contribution in [0.15, 0.2) is 24.3 Å². The fraction of sp³-hybridized carbons (Fsp3) is 0.600. The highest BCUT2D eigenvalue weighted by atomic mass is 16.5. The summed E-state index contributed by atoms with van der Waals surface area (Å²) >= 11 is 0. The van der Waals surface area contributed by atoms with Gasteiger partial charge in [0.05, 0.1) is 17.7 Å². The molecule has 1 aromatic rings. The lowest BCUT2D eigenvalue weighted by Crippen LogP contribution is -2.17. The number of hydrogen-bond donors (Lipinski definition) is 0. The van der Waals surface area contributed by atoms with Crippen LogP contribution in [0, 0.1) is 0 Å². The zero-order valence-corrected chi connectivity index (χ0v) is 15.2. The number of rotatable bonds is 11. The molecular formula is C20H30O4. The Kier molecular flexibility index (Phi) is 9.81. The summed E-state index contributed by atoms with van der Waals surface area (Å²) in [4.78, 5) is 24.1. The average Bonchev–Trinajstić information content (AvgIpc) is 2.62. The molecule has 1 atom stereocenters. The van der Waals surface area contributed by atoms with Crippen molar-refractivity contribution in [2.24, 2.45) is 0 Å². The van der Waals surface area contributed by atoms with E-state index in [-0.39, 0.29) is 18.0 Å². The Bertz CT molecular complexity index is 493. The predicted octanol–water partition coefficient (Wildman–Crippen LogP) is 5.16. The van der Waals surface area contributed by atoms with E-state index < -0.39 is 0 Å². The Morgan fingerprint density at radius 1 is 0.875 bits per heavy atom. The monoisotopic (exact) mass is 334 g/mol. The van der Waals surface area contributed by atoms with Gasteiger partial charge in [-0.2, -0.15) is 0 Å². The van der Waals surface area contributed by atoms with Gasteiger partial charge in [0.15, 0.2) is 0 Å². The number of esters is 2. The molecule has 0 bridgehead atoms. The number of hydrogen-bond acceptors (Lipinski definition) is 4. The maximum atomic E-state index is 12.2. The molecule has 1 aromatic carbocycles. The van der Waals surface area contributed by atoms with Gasteiger partial charge < -0.3 is 9.47 Å². The van der Waals surface area contributed by atoms with Gasteiger partial charge in [-0.25, -0.2) is 9.59 Å². The van der Waals surface area contributed by atoms with Crippen LogP contribution in [0.3, 0.4) is 0 Å². The zero-order valence-electron chi connectivity index (χ0n) is 15.2. The van der Waals surface area contributed by atoms with Crippen molar-refractivity contribution in [3.63, 3.8) is 0 Å². The van der Waals surface area contributed by atoms with E-state index >= 15 is 0 Å². The minimum Gasteiger partial charge on any atom is -0.462 e. The molecule has 0 saturated carbocycles. The maximum Gasteiger partial charge on any atom is 0.338 e. The van der Waals surface area contributed by atoms with Gasteiger partial charge in [0.25, 0.3) is 0 Å². The van der Waals surface area contributed by atoms with Gasteiger partial charge in [0, 0.05) is 0 Å². The first-order valence-corrected chi connectivity index (χ1v) is 9.10. The lowest BCUT2D eigenvalue weighted by atomic mass is 10.1. The standard InChI is InChI=1S/C20H30O4/c1-4-7-9-15-23-19(21)16-11-13-17(14-12-16)20(22)24-18(6-3)10-8-5-2/h11-14,18H,4-10,15H2,1-3H3. The molecule has 0 spiro atoms. The van der Waals surface area contributed by atoms with Gasteiger partial charge in [-0.3, -0.25) is 0 Å². The normalized spacial score (nSPS) is 11.8. The summed E-state index contributed by atoms with van der Waals surface area (Å²) in [6, 6.07) is 6.48. The van der Waals surface area contributed by atoms with E-state index in [9.17, 15) is 9.59 Å². The summed E-state index contributed by atoms with van der Waals surface area (Å²) in [6.07, 6.45) is 6.82. The Morgan fingerprint density at radius 2 is 1.46 bits per heavy atom. The summed E-state index contributed by atoms with van der Waals surface area (Å²) < 4.78 is 10.7. The number of ether oxygens (including phenoxy) is 2. The number of benzene rings is 1. The van der Waals surface area contributed by atoms with Gasteiger partial charge in [0.1, 0.15) is 6.10 Å². The zero-order chi connectivity index (χ0) is 17.8. The average molecular weight is 334 g/mol. The molecule has 134 valence electrons.